The Labute approximate surface area is 149 Å². The molecule has 0 aliphatic heterocycles. The summed E-state index contributed by atoms with van der Waals surface area (Å²) in [6.45, 7) is 14.8. The maximum absolute atomic E-state index is 10.2. The van der Waals surface area contributed by atoms with Crippen molar-refractivity contribution >= 4 is 0 Å². The Balaban J connectivity index is 0.00000254. The molecular weight excluding hydrogens is 296 g/mol. The van der Waals surface area contributed by atoms with Gasteiger partial charge in [0.2, 0.25) is 0 Å². The van der Waals surface area contributed by atoms with Gasteiger partial charge in [-0.1, -0.05) is 68.7 Å². The molecule has 0 amide bonds. The first-order chi connectivity index (χ1) is 11.3. The van der Waals surface area contributed by atoms with Crippen LogP contribution in [0.25, 0.3) is 0 Å². The lowest BCUT2D eigenvalue weighted by molar-refractivity contribution is 0.258. The Kier molecular flexibility index (Phi) is 10.9. The maximum atomic E-state index is 10.2. The first kappa shape index (κ1) is 22.9. The van der Waals surface area contributed by atoms with Crippen molar-refractivity contribution in [1.29, 1.82) is 0 Å². The summed E-state index contributed by atoms with van der Waals surface area (Å²) < 4.78 is 0. The van der Waals surface area contributed by atoms with Crippen molar-refractivity contribution in [3.8, 4) is 0 Å². The van der Waals surface area contributed by atoms with E-state index in [9.17, 15) is 5.11 Å². The van der Waals surface area contributed by atoms with Gasteiger partial charge < -0.3 is 10.2 Å². The molecule has 0 bridgehead atoms. The molecule has 2 N–H and O–H groups in total. The van der Waals surface area contributed by atoms with E-state index in [1.165, 1.54) is 30.4 Å². The second kappa shape index (κ2) is 11.4. The summed E-state index contributed by atoms with van der Waals surface area (Å²) in [7, 11) is 0. The van der Waals surface area contributed by atoms with Gasteiger partial charge in [0.1, 0.15) is 0 Å². The molecule has 1 rings (SSSR count). The Morgan fingerprint density at radius 1 is 1.21 bits per heavy atom. The van der Waals surface area contributed by atoms with E-state index in [4.69, 9.17) is 5.11 Å². The molecular formula is C22H38O2. The summed E-state index contributed by atoms with van der Waals surface area (Å²) in [6.07, 6.45) is 11.6. The van der Waals surface area contributed by atoms with Crippen molar-refractivity contribution in [2.75, 3.05) is 6.61 Å². The van der Waals surface area contributed by atoms with Gasteiger partial charge in [-0.05, 0) is 57.4 Å². The van der Waals surface area contributed by atoms with Gasteiger partial charge in [-0.3, -0.25) is 0 Å². The third-order valence-electron chi connectivity index (χ3n) is 4.74. The number of hydrogen-bond acceptors (Lipinski definition) is 2. The first-order valence-corrected chi connectivity index (χ1v) is 9.27. The molecule has 1 aliphatic carbocycles. The van der Waals surface area contributed by atoms with Crippen molar-refractivity contribution in [1.82, 2.24) is 0 Å². The topological polar surface area (TPSA) is 40.5 Å². The van der Waals surface area contributed by atoms with E-state index in [1.807, 2.05) is 33.8 Å². The van der Waals surface area contributed by atoms with Crippen LogP contribution in [0.3, 0.4) is 0 Å². The van der Waals surface area contributed by atoms with Crippen LogP contribution in [-0.4, -0.2) is 22.9 Å². The van der Waals surface area contributed by atoms with E-state index in [1.54, 1.807) is 12.2 Å². The summed E-state index contributed by atoms with van der Waals surface area (Å²) in [5.74, 6) is 0. The van der Waals surface area contributed by atoms with E-state index >= 15 is 0 Å². The Morgan fingerprint density at radius 2 is 1.83 bits per heavy atom. The fourth-order valence-corrected chi connectivity index (χ4v) is 3.12. The van der Waals surface area contributed by atoms with Gasteiger partial charge >= 0.3 is 0 Å². The van der Waals surface area contributed by atoms with Crippen LogP contribution < -0.4 is 0 Å². The van der Waals surface area contributed by atoms with Crippen LogP contribution in [0.1, 0.15) is 74.1 Å². The van der Waals surface area contributed by atoms with Crippen LogP contribution in [0.2, 0.25) is 0 Å². The van der Waals surface area contributed by atoms with E-state index in [0.29, 0.717) is 0 Å². The molecule has 24 heavy (non-hydrogen) atoms. The molecule has 0 fully saturated rings. The zero-order chi connectivity index (χ0) is 18.8. The SMILES string of the molecule is CC.CC1=C(C/C=C(\C)C(O)/C=C/C(C)=C/CO)C(C)(C)CCC1. The largest absolute Gasteiger partial charge is 0.392 e. The minimum absolute atomic E-state index is 0.0314. The highest BCUT2D eigenvalue weighted by molar-refractivity contribution is 5.27. The quantitative estimate of drug-likeness (QED) is 0.481. The number of rotatable bonds is 6. The fraction of sp³-hybridized carbons (Fsp3) is 0.636. The molecule has 2 nitrogen and oxygen atoms in total. The lowest BCUT2D eigenvalue weighted by atomic mass is 9.71. The van der Waals surface area contributed by atoms with Gasteiger partial charge in [-0.2, -0.15) is 0 Å². The van der Waals surface area contributed by atoms with Crippen LogP contribution in [0.15, 0.2) is 46.6 Å². The molecule has 2 heteroatoms. The van der Waals surface area contributed by atoms with Crippen LogP contribution in [0, 0.1) is 5.41 Å². The second-order valence-corrected chi connectivity index (χ2v) is 7.08. The van der Waals surface area contributed by atoms with Gasteiger partial charge in [0.25, 0.3) is 0 Å². The van der Waals surface area contributed by atoms with E-state index < -0.39 is 6.10 Å². The average Bonchev–Trinajstić information content (AvgIpc) is 2.53. The molecule has 0 radical (unpaired) electrons. The second-order valence-electron chi connectivity index (χ2n) is 7.08. The van der Waals surface area contributed by atoms with Gasteiger partial charge in [0, 0.05) is 0 Å². The fourth-order valence-electron chi connectivity index (χ4n) is 3.12. The zero-order valence-corrected chi connectivity index (χ0v) is 16.8. The molecule has 0 spiro atoms. The van der Waals surface area contributed by atoms with Crippen molar-refractivity contribution in [2.45, 2.75) is 80.3 Å². The normalized spacial score (nSPS) is 20.0. The van der Waals surface area contributed by atoms with Crippen LogP contribution >= 0.6 is 0 Å². The molecule has 138 valence electrons. The Morgan fingerprint density at radius 3 is 2.38 bits per heavy atom. The first-order valence-electron chi connectivity index (χ1n) is 9.27. The average molecular weight is 335 g/mol. The summed E-state index contributed by atoms with van der Waals surface area (Å²) >= 11 is 0. The molecule has 0 heterocycles. The summed E-state index contributed by atoms with van der Waals surface area (Å²) in [6, 6.07) is 0. The highest BCUT2D eigenvalue weighted by Gasteiger charge is 2.27. The lowest BCUT2D eigenvalue weighted by Crippen LogP contribution is -2.20. The van der Waals surface area contributed by atoms with Gasteiger partial charge in [0.15, 0.2) is 0 Å². The number of hydrogen-bond donors (Lipinski definition) is 2. The summed E-state index contributed by atoms with van der Waals surface area (Å²) in [5.41, 5.74) is 5.27. The molecule has 0 aromatic carbocycles. The minimum Gasteiger partial charge on any atom is -0.392 e. The van der Waals surface area contributed by atoms with E-state index in [2.05, 4.69) is 26.8 Å². The molecule has 0 saturated heterocycles. The standard InChI is InChI=1S/C20H32O2.C2H6/c1-15(12-14-21)8-11-19(22)17(3)9-10-18-16(2)7-6-13-20(18,4)5;1-2/h8-9,11-12,19,21-22H,6-7,10,13-14H2,1-5H3;1-2H3/b11-8+,15-12+,17-9+;. The minimum atomic E-state index is -0.561. The zero-order valence-electron chi connectivity index (χ0n) is 16.8. The highest BCUT2D eigenvalue weighted by atomic mass is 16.3. The number of aliphatic hydroxyl groups excluding tert-OH is 2. The molecule has 1 atom stereocenters. The van der Waals surface area contributed by atoms with Crippen molar-refractivity contribution in [2.24, 2.45) is 5.41 Å². The van der Waals surface area contributed by atoms with Crippen molar-refractivity contribution in [3.05, 3.63) is 46.6 Å². The van der Waals surface area contributed by atoms with E-state index in [-0.39, 0.29) is 12.0 Å². The van der Waals surface area contributed by atoms with Crippen molar-refractivity contribution in [3.63, 3.8) is 0 Å². The number of allylic oxidation sites excluding steroid dienone is 5. The van der Waals surface area contributed by atoms with Gasteiger partial charge in [-0.15, -0.1) is 0 Å². The van der Waals surface area contributed by atoms with Crippen LogP contribution in [0.4, 0.5) is 0 Å². The number of aliphatic hydroxyl groups is 2. The Bertz CT molecular complexity index is 490. The summed E-state index contributed by atoms with van der Waals surface area (Å²) in [5, 5.41) is 19.0. The molecule has 0 aromatic heterocycles. The van der Waals surface area contributed by atoms with Gasteiger partial charge in [0.05, 0.1) is 12.7 Å². The lowest BCUT2D eigenvalue weighted by Gasteiger charge is -2.34. The Hall–Kier alpha value is -1.12. The summed E-state index contributed by atoms with van der Waals surface area (Å²) in [4.78, 5) is 0. The van der Waals surface area contributed by atoms with Crippen LogP contribution in [0.5, 0.6) is 0 Å². The molecule has 0 aromatic rings. The van der Waals surface area contributed by atoms with Crippen molar-refractivity contribution < 1.29 is 10.2 Å². The third-order valence-corrected chi connectivity index (χ3v) is 4.74. The molecule has 1 aliphatic rings. The monoisotopic (exact) mass is 334 g/mol. The van der Waals surface area contributed by atoms with Crippen LogP contribution in [-0.2, 0) is 0 Å². The predicted molar refractivity (Wildman–Crippen MR) is 106 cm³/mol. The predicted octanol–water partition coefficient (Wildman–Crippen LogP) is 5.73. The highest BCUT2D eigenvalue weighted by Crippen LogP contribution is 2.42. The third kappa shape index (κ3) is 7.63. The molecule has 1 unspecified atom stereocenters. The maximum Gasteiger partial charge on any atom is 0.0932 e. The molecule has 0 saturated carbocycles. The van der Waals surface area contributed by atoms with Gasteiger partial charge in [-0.25, -0.2) is 0 Å². The smallest absolute Gasteiger partial charge is 0.0932 e. The van der Waals surface area contributed by atoms with E-state index in [0.717, 1.165) is 17.6 Å².